The van der Waals surface area contributed by atoms with Crippen LogP contribution in [0.5, 0.6) is 0 Å². The number of hydrogen-bond acceptors (Lipinski definition) is 5. The number of aliphatic hydroxyl groups is 1. The monoisotopic (exact) mass is 315 g/mol. The van der Waals surface area contributed by atoms with Gasteiger partial charge in [0.15, 0.2) is 0 Å². The van der Waals surface area contributed by atoms with Crippen LogP contribution in [0.1, 0.15) is 44.1 Å². The quantitative estimate of drug-likeness (QED) is 0.796. The summed E-state index contributed by atoms with van der Waals surface area (Å²) in [6, 6.07) is 8.30. The van der Waals surface area contributed by atoms with Crippen molar-refractivity contribution in [3.63, 3.8) is 0 Å². The van der Waals surface area contributed by atoms with Crippen molar-refractivity contribution < 1.29 is 9.63 Å². The SMILES string of the molecule is CCCCCc1nc(-c2ccc(CN3CC[C@H](O)C3)cc2)no1. The van der Waals surface area contributed by atoms with E-state index in [0.717, 1.165) is 50.4 Å². The third kappa shape index (κ3) is 4.39. The van der Waals surface area contributed by atoms with Crippen molar-refractivity contribution >= 4 is 0 Å². The Hall–Kier alpha value is -1.72. The maximum absolute atomic E-state index is 9.58. The molecule has 0 unspecified atom stereocenters. The summed E-state index contributed by atoms with van der Waals surface area (Å²) in [5, 5.41) is 13.7. The Balaban J connectivity index is 1.58. The van der Waals surface area contributed by atoms with E-state index in [1.54, 1.807) is 0 Å². The highest BCUT2D eigenvalue weighted by Gasteiger charge is 2.19. The maximum Gasteiger partial charge on any atom is 0.226 e. The molecule has 23 heavy (non-hydrogen) atoms. The molecule has 1 aliphatic heterocycles. The average Bonchev–Trinajstić information content (AvgIpc) is 3.18. The molecule has 1 aromatic carbocycles. The molecule has 5 heteroatoms. The van der Waals surface area contributed by atoms with Gasteiger partial charge in [-0.05, 0) is 18.4 Å². The van der Waals surface area contributed by atoms with E-state index in [2.05, 4.69) is 34.1 Å². The van der Waals surface area contributed by atoms with Crippen LogP contribution in [0.25, 0.3) is 11.4 Å². The standard InChI is InChI=1S/C18H25N3O2/c1-2-3-4-5-17-19-18(20-23-17)15-8-6-14(7-9-15)12-21-11-10-16(22)13-21/h6-9,16,22H,2-5,10-13H2,1H3/t16-/m0/s1. The first-order valence-corrected chi connectivity index (χ1v) is 8.57. The molecule has 2 aromatic rings. The zero-order valence-corrected chi connectivity index (χ0v) is 13.7. The highest BCUT2D eigenvalue weighted by molar-refractivity contribution is 5.54. The molecule has 124 valence electrons. The number of nitrogens with zero attached hydrogens (tertiary/aromatic N) is 3. The molecule has 0 radical (unpaired) electrons. The van der Waals surface area contributed by atoms with Crippen LogP contribution in [0.4, 0.5) is 0 Å². The molecule has 0 bridgehead atoms. The van der Waals surface area contributed by atoms with Crippen molar-refractivity contribution in [3.05, 3.63) is 35.7 Å². The molecule has 1 aromatic heterocycles. The van der Waals surface area contributed by atoms with E-state index in [1.807, 2.05) is 12.1 Å². The second-order valence-electron chi connectivity index (χ2n) is 6.34. The van der Waals surface area contributed by atoms with Crippen molar-refractivity contribution in [1.82, 2.24) is 15.0 Å². The van der Waals surface area contributed by atoms with Gasteiger partial charge in [-0.2, -0.15) is 4.98 Å². The third-order valence-electron chi connectivity index (χ3n) is 4.33. The van der Waals surface area contributed by atoms with E-state index in [4.69, 9.17) is 4.52 Å². The smallest absolute Gasteiger partial charge is 0.226 e. The zero-order chi connectivity index (χ0) is 16.1. The molecule has 2 heterocycles. The van der Waals surface area contributed by atoms with Gasteiger partial charge < -0.3 is 9.63 Å². The molecule has 1 atom stereocenters. The number of aliphatic hydroxyl groups excluding tert-OH is 1. The summed E-state index contributed by atoms with van der Waals surface area (Å²) >= 11 is 0. The number of hydrogen-bond donors (Lipinski definition) is 1. The molecule has 1 N–H and O–H groups in total. The molecular formula is C18H25N3O2. The summed E-state index contributed by atoms with van der Waals surface area (Å²) in [6.45, 7) is 4.80. The number of likely N-dealkylation sites (tertiary alicyclic amines) is 1. The lowest BCUT2D eigenvalue weighted by Gasteiger charge is -2.14. The van der Waals surface area contributed by atoms with Gasteiger partial charge in [0.25, 0.3) is 0 Å². The lowest BCUT2D eigenvalue weighted by atomic mass is 10.1. The Kier molecular flexibility index (Phi) is 5.41. The first kappa shape index (κ1) is 16.1. The summed E-state index contributed by atoms with van der Waals surface area (Å²) in [7, 11) is 0. The summed E-state index contributed by atoms with van der Waals surface area (Å²) < 4.78 is 5.32. The normalized spacial score (nSPS) is 18.6. The van der Waals surface area contributed by atoms with E-state index in [0.29, 0.717) is 5.82 Å². The van der Waals surface area contributed by atoms with Gasteiger partial charge in [0.2, 0.25) is 11.7 Å². The Morgan fingerprint density at radius 3 is 2.78 bits per heavy atom. The van der Waals surface area contributed by atoms with Crippen LogP contribution in [0.3, 0.4) is 0 Å². The topological polar surface area (TPSA) is 62.4 Å². The minimum Gasteiger partial charge on any atom is -0.392 e. The van der Waals surface area contributed by atoms with Crippen molar-refractivity contribution in [2.45, 2.75) is 51.7 Å². The maximum atomic E-state index is 9.58. The van der Waals surface area contributed by atoms with E-state index in [1.165, 1.54) is 18.4 Å². The van der Waals surface area contributed by atoms with E-state index in [9.17, 15) is 5.11 Å². The zero-order valence-electron chi connectivity index (χ0n) is 13.7. The van der Waals surface area contributed by atoms with E-state index < -0.39 is 0 Å². The number of unbranched alkanes of at least 4 members (excludes halogenated alkanes) is 2. The van der Waals surface area contributed by atoms with Gasteiger partial charge in [0.1, 0.15) is 0 Å². The Labute approximate surface area is 137 Å². The molecule has 0 amide bonds. The molecule has 1 aliphatic rings. The highest BCUT2D eigenvalue weighted by Crippen LogP contribution is 2.19. The number of aromatic nitrogens is 2. The molecule has 3 rings (SSSR count). The summed E-state index contributed by atoms with van der Waals surface area (Å²) in [6.07, 6.45) is 5.05. The molecule has 1 fully saturated rings. The Bertz CT molecular complexity index is 609. The fourth-order valence-electron chi connectivity index (χ4n) is 2.97. The van der Waals surface area contributed by atoms with Crippen molar-refractivity contribution in [2.24, 2.45) is 0 Å². The summed E-state index contributed by atoms with van der Waals surface area (Å²) in [5.41, 5.74) is 2.23. The Morgan fingerprint density at radius 1 is 1.26 bits per heavy atom. The van der Waals surface area contributed by atoms with Gasteiger partial charge in [-0.25, -0.2) is 0 Å². The second-order valence-corrected chi connectivity index (χ2v) is 6.34. The summed E-state index contributed by atoms with van der Waals surface area (Å²) in [4.78, 5) is 6.75. The molecule has 0 aliphatic carbocycles. The molecule has 5 nitrogen and oxygen atoms in total. The lowest BCUT2D eigenvalue weighted by molar-refractivity contribution is 0.175. The van der Waals surface area contributed by atoms with Crippen LogP contribution in [-0.4, -0.2) is 39.3 Å². The average molecular weight is 315 g/mol. The number of β-amino-alcohol motifs (C(OH)–C–C–N with tert-alkyl or cyclic N) is 1. The van der Waals surface area contributed by atoms with Gasteiger partial charge in [0, 0.05) is 31.6 Å². The van der Waals surface area contributed by atoms with Crippen LogP contribution in [0.2, 0.25) is 0 Å². The molecular weight excluding hydrogens is 290 g/mol. The largest absolute Gasteiger partial charge is 0.392 e. The predicted molar refractivity (Wildman–Crippen MR) is 88.9 cm³/mol. The van der Waals surface area contributed by atoms with E-state index in [-0.39, 0.29) is 6.10 Å². The van der Waals surface area contributed by atoms with Crippen LogP contribution in [0.15, 0.2) is 28.8 Å². The number of aryl methyl sites for hydroxylation is 1. The predicted octanol–water partition coefficient (Wildman–Crippen LogP) is 3.04. The molecule has 0 spiro atoms. The molecule has 0 saturated carbocycles. The third-order valence-corrected chi connectivity index (χ3v) is 4.33. The fraction of sp³-hybridized carbons (Fsp3) is 0.556. The van der Waals surface area contributed by atoms with Gasteiger partial charge in [-0.3, -0.25) is 4.90 Å². The minimum absolute atomic E-state index is 0.167. The number of rotatable bonds is 7. The highest BCUT2D eigenvalue weighted by atomic mass is 16.5. The second kappa shape index (κ2) is 7.70. The van der Waals surface area contributed by atoms with Crippen molar-refractivity contribution in [3.8, 4) is 11.4 Å². The van der Waals surface area contributed by atoms with Crippen LogP contribution < -0.4 is 0 Å². The van der Waals surface area contributed by atoms with Crippen LogP contribution in [-0.2, 0) is 13.0 Å². The van der Waals surface area contributed by atoms with Gasteiger partial charge in [-0.15, -0.1) is 0 Å². The number of benzene rings is 1. The molecule has 1 saturated heterocycles. The van der Waals surface area contributed by atoms with Gasteiger partial charge in [-0.1, -0.05) is 49.2 Å². The van der Waals surface area contributed by atoms with Gasteiger partial charge in [0.05, 0.1) is 6.10 Å². The lowest BCUT2D eigenvalue weighted by Crippen LogP contribution is -2.21. The van der Waals surface area contributed by atoms with Crippen LogP contribution in [0, 0.1) is 0 Å². The minimum atomic E-state index is -0.167. The van der Waals surface area contributed by atoms with Gasteiger partial charge >= 0.3 is 0 Å². The first-order chi connectivity index (χ1) is 11.2. The van der Waals surface area contributed by atoms with Crippen molar-refractivity contribution in [1.29, 1.82) is 0 Å². The van der Waals surface area contributed by atoms with Crippen LogP contribution >= 0.6 is 0 Å². The summed E-state index contributed by atoms with van der Waals surface area (Å²) in [5.74, 6) is 1.39. The Morgan fingerprint density at radius 2 is 2.09 bits per heavy atom. The van der Waals surface area contributed by atoms with Crippen molar-refractivity contribution in [2.75, 3.05) is 13.1 Å². The fourth-order valence-corrected chi connectivity index (χ4v) is 2.97. The van der Waals surface area contributed by atoms with E-state index >= 15 is 0 Å². The first-order valence-electron chi connectivity index (χ1n) is 8.57.